The van der Waals surface area contributed by atoms with E-state index in [1.54, 1.807) is 0 Å². The van der Waals surface area contributed by atoms with Gasteiger partial charge in [-0.25, -0.2) is 0 Å². The molecule has 0 bridgehead atoms. The Balaban J connectivity index is 3.99. The molecule has 0 unspecified atom stereocenters. The highest BCUT2D eigenvalue weighted by molar-refractivity contribution is 4.59. The first-order valence-electron chi connectivity index (χ1n) is 8.66. The van der Waals surface area contributed by atoms with Crippen molar-refractivity contribution in [3.8, 4) is 0 Å². The zero-order valence-corrected chi connectivity index (χ0v) is 14.2. The Morgan fingerprint density at radius 3 is 1.65 bits per heavy atom. The van der Waals surface area contributed by atoms with Crippen molar-refractivity contribution in [2.75, 3.05) is 19.8 Å². The van der Waals surface area contributed by atoms with Gasteiger partial charge in [0.1, 0.15) is 0 Å². The van der Waals surface area contributed by atoms with Crippen LogP contribution in [0.25, 0.3) is 0 Å². The van der Waals surface area contributed by atoms with Crippen molar-refractivity contribution in [1.29, 1.82) is 0 Å². The molecule has 0 N–H and O–H groups in total. The van der Waals surface area contributed by atoms with E-state index in [4.69, 9.17) is 14.2 Å². The maximum absolute atomic E-state index is 5.86. The standard InChI is InChI=1S/C17H36O3/c1-5-9-10-11-12-13-14-15-17(18-7-3,19-8-4)20-16-6-2/h5-16H2,1-4H3. The van der Waals surface area contributed by atoms with E-state index in [1.807, 2.05) is 13.8 Å². The first-order valence-corrected chi connectivity index (χ1v) is 8.66. The summed E-state index contributed by atoms with van der Waals surface area (Å²) in [6, 6.07) is 0. The summed E-state index contributed by atoms with van der Waals surface area (Å²) in [6.45, 7) is 10.3. The van der Waals surface area contributed by atoms with Gasteiger partial charge < -0.3 is 14.2 Å². The molecule has 0 saturated heterocycles. The predicted molar refractivity (Wildman–Crippen MR) is 84.8 cm³/mol. The molecule has 0 fully saturated rings. The fraction of sp³-hybridized carbons (Fsp3) is 1.00. The lowest BCUT2D eigenvalue weighted by Crippen LogP contribution is -2.39. The van der Waals surface area contributed by atoms with Crippen LogP contribution in [-0.4, -0.2) is 25.8 Å². The van der Waals surface area contributed by atoms with Crippen molar-refractivity contribution in [2.45, 2.75) is 91.5 Å². The van der Waals surface area contributed by atoms with Gasteiger partial charge in [-0.1, -0.05) is 52.4 Å². The molecule has 3 nitrogen and oxygen atoms in total. The quantitative estimate of drug-likeness (QED) is 0.303. The minimum Gasteiger partial charge on any atom is -0.328 e. The van der Waals surface area contributed by atoms with Gasteiger partial charge in [0, 0.05) is 19.6 Å². The predicted octanol–water partition coefficient (Wildman–Crippen LogP) is 5.28. The van der Waals surface area contributed by atoms with Crippen molar-refractivity contribution in [1.82, 2.24) is 0 Å². The maximum atomic E-state index is 5.86. The molecule has 0 atom stereocenters. The van der Waals surface area contributed by atoms with Crippen LogP contribution in [0.1, 0.15) is 85.5 Å². The van der Waals surface area contributed by atoms with E-state index in [-0.39, 0.29) is 0 Å². The number of unbranched alkanes of at least 4 members (excludes halogenated alkanes) is 6. The van der Waals surface area contributed by atoms with Crippen LogP contribution in [0, 0.1) is 0 Å². The van der Waals surface area contributed by atoms with Gasteiger partial charge in [-0.15, -0.1) is 0 Å². The molecule has 0 rings (SSSR count). The lowest BCUT2D eigenvalue weighted by molar-refractivity contribution is -0.381. The Morgan fingerprint density at radius 2 is 1.15 bits per heavy atom. The largest absolute Gasteiger partial charge is 0.328 e. The van der Waals surface area contributed by atoms with E-state index in [0.717, 1.165) is 19.3 Å². The van der Waals surface area contributed by atoms with Gasteiger partial charge >= 0.3 is 0 Å². The molecule has 0 saturated carbocycles. The van der Waals surface area contributed by atoms with Gasteiger partial charge in [0.2, 0.25) is 0 Å². The van der Waals surface area contributed by atoms with Gasteiger partial charge in [-0.05, 0) is 26.7 Å². The van der Waals surface area contributed by atoms with E-state index >= 15 is 0 Å². The van der Waals surface area contributed by atoms with Crippen molar-refractivity contribution < 1.29 is 14.2 Å². The third-order valence-corrected chi connectivity index (χ3v) is 3.34. The summed E-state index contributed by atoms with van der Waals surface area (Å²) in [4.78, 5) is 0. The topological polar surface area (TPSA) is 27.7 Å². The molecule has 3 heteroatoms. The second-order valence-electron chi connectivity index (χ2n) is 5.27. The average Bonchev–Trinajstić information content (AvgIpc) is 2.45. The number of hydrogen-bond acceptors (Lipinski definition) is 3. The molecular weight excluding hydrogens is 252 g/mol. The average molecular weight is 288 g/mol. The Bertz CT molecular complexity index is 189. The molecule has 0 aromatic heterocycles. The van der Waals surface area contributed by atoms with Crippen LogP contribution in [0.4, 0.5) is 0 Å². The summed E-state index contributed by atoms with van der Waals surface area (Å²) < 4.78 is 17.4. The van der Waals surface area contributed by atoms with Gasteiger partial charge in [0.15, 0.2) is 0 Å². The molecule has 0 heterocycles. The monoisotopic (exact) mass is 288 g/mol. The first kappa shape index (κ1) is 19.9. The smallest absolute Gasteiger partial charge is 0.282 e. The molecule has 0 aliphatic heterocycles. The molecule has 0 aliphatic carbocycles. The van der Waals surface area contributed by atoms with Crippen molar-refractivity contribution >= 4 is 0 Å². The lowest BCUT2D eigenvalue weighted by atomic mass is 10.1. The van der Waals surface area contributed by atoms with Crippen LogP contribution in [0.5, 0.6) is 0 Å². The molecule has 0 amide bonds. The van der Waals surface area contributed by atoms with E-state index in [1.165, 1.54) is 38.5 Å². The molecule has 0 spiro atoms. The van der Waals surface area contributed by atoms with Crippen LogP contribution in [0.15, 0.2) is 0 Å². The van der Waals surface area contributed by atoms with Crippen molar-refractivity contribution in [3.63, 3.8) is 0 Å². The summed E-state index contributed by atoms with van der Waals surface area (Å²) in [5.74, 6) is -0.803. The maximum Gasteiger partial charge on any atom is 0.282 e. The second-order valence-corrected chi connectivity index (χ2v) is 5.27. The number of rotatable bonds is 15. The highest BCUT2D eigenvalue weighted by Crippen LogP contribution is 2.24. The third-order valence-electron chi connectivity index (χ3n) is 3.34. The van der Waals surface area contributed by atoms with E-state index in [2.05, 4.69) is 13.8 Å². The Kier molecular flexibility index (Phi) is 13.8. The Morgan fingerprint density at radius 1 is 0.600 bits per heavy atom. The van der Waals surface area contributed by atoms with Crippen LogP contribution in [-0.2, 0) is 14.2 Å². The molecule has 0 radical (unpaired) electrons. The molecule has 0 aliphatic rings. The fourth-order valence-electron chi connectivity index (χ4n) is 2.34. The summed E-state index contributed by atoms with van der Waals surface area (Å²) in [7, 11) is 0. The highest BCUT2D eigenvalue weighted by atomic mass is 16.9. The summed E-state index contributed by atoms with van der Waals surface area (Å²) in [5.41, 5.74) is 0. The first-order chi connectivity index (χ1) is 9.74. The van der Waals surface area contributed by atoms with E-state index in [0.29, 0.717) is 19.8 Å². The molecule has 122 valence electrons. The van der Waals surface area contributed by atoms with Gasteiger partial charge in [-0.3, -0.25) is 0 Å². The molecule has 20 heavy (non-hydrogen) atoms. The van der Waals surface area contributed by atoms with Gasteiger partial charge in [0.25, 0.3) is 5.97 Å². The normalized spacial score (nSPS) is 12.0. The SMILES string of the molecule is CCCCCCCCCC(OCC)(OCC)OCCC. The van der Waals surface area contributed by atoms with Crippen molar-refractivity contribution in [3.05, 3.63) is 0 Å². The molecule has 0 aromatic rings. The van der Waals surface area contributed by atoms with Crippen LogP contribution in [0.2, 0.25) is 0 Å². The third kappa shape index (κ3) is 9.73. The van der Waals surface area contributed by atoms with Crippen LogP contribution in [0.3, 0.4) is 0 Å². The van der Waals surface area contributed by atoms with Crippen LogP contribution < -0.4 is 0 Å². The van der Waals surface area contributed by atoms with Crippen molar-refractivity contribution in [2.24, 2.45) is 0 Å². The summed E-state index contributed by atoms with van der Waals surface area (Å²) in [6.07, 6.45) is 10.9. The zero-order valence-electron chi connectivity index (χ0n) is 14.2. The summed E-state index contributed by atoms with van der Waals surface area (Å²) >= 11 is 0. The number of ether oxygens (including phenoxy) is 3. The Labute approximate surface area is 126 Å². The lowest BCUT2D eigenvalue weighted by Gasteiger charge is -2.32. The van der Waals surface area contributed by atoms with Gasteiger partial charge in [-0.2, -0.15) is 0 Å². The Hall–Kier alpha value is -0.120. The van der Waals surface area contributed by atoms with Gasteiger partial charge in [0.05, 0.1) is 6.61 Å². The zero-order chi connectivity index (χ0) is 15.1. The summed E-state index contributed by atoms with van der Waals surface area (Å²) in [5, 5.41) is 0. The molecule has 0 aromatic carbocycles. The minimum atomic E-state index is -0.803. The van der Waals surface area contributed by atoms with E-state index < -0.39 is 5.97 Å². The number of hydrogen-bond donors (Lipinski definition) is 0. The highest BCUT2D eigenvalue weighted by Gasteiger charge is 2.31. The van der Waals surface area contributed by atoms with E-state index in [9.17, 15) is 0 Å². The van der Waals surface area contributed by atoms with Crippen LogP contribution >= 0.6 is 0 Å². The fourth-order valence-corrected chi connectivity index (χ4v) is 2.34. The second kappa shape index (κ2) is 13.8. The minimum absolute atomic E-state index is 0.625. The molecular formula is C17H36O3.